The van der Waals surface area contributed by atoms with Crippen LogP contribution in [0.2, 0.25) is 0 Å². The third kappa shape index (κ3) is 3.82. The van der Waals surface area contributed by atoms with Crippen molar-refractivity contribution in [2.45, 2.75) is 45.6 Å². The minimum Gasteiger partial charge on any atom is -0.340 e. The summed E-state index contributed by atoms with van der Waals surface area (Å²) in [5.41, 5.74) is -0.0294. The Morgan fingerprint density at radius 2 is 2.07 bits per heavy atom. The van der Waals surface area contributed by atoms with E-state index >= 15 is 0 Å². The lowest BCUT2D eigenvalue weighted by Crippen LogP contribution is -2.48. The maximum atomic E-state index is 11.8. The molecule has 0 aromatic heterocycles. The van der Waals surface area contributed by atoms with Crippen LogP contribution in [0.4, 0.5) is 0 Å². The third-order valence-corrected chi connectivity index (χ3v) is 3.55. The molecule has 0 aliphatic heterocycles. The summed E-state index contributed by atoms with van der Waals surface area (Å²) in [6.07, 6.45) is 3.65. The summed E-state index contributed by atoms with van der Waals surface area (Å²) in [4.78, 5) is 13.7. The average molecular weight is 212 g/mol. The van der Waals surface area contributed by atoms with Crippen LogP contribution >= 0.6 is 0 Å². The average Bonchev–Trinajstić information content (AvgIpc) is 3.00. The second kappa shape index (κ2) is 4.97. The molecule has 1 fully saturated rings. The van der Waals surface area contributed by atoms with Gasteiger partial charge in [0.2, 0.25) is 5.91 Å². The van der Waals surface area contributed by atoms with Crippen molar-refractivity contribution in [3.63, 3.8) is 0 Å². The fraction of sp³-hybridized carbons (Fsp3) is 0.917. The first-order valence-corrected chi connectivity index (χ1v) is 5.94. The van der Waals surface area contributed by atoms with Gasteiger partial charge in [0, 0.05) is 12.6 Å². The van der Waals surface area contributed by atoms with Crippen molar-refractivity contribution in [3.8, 4) is 0 Å². The topological polar surface area (TPSA) is 32.3 Å². The van der Waals surface area contributed by atoms with Crippen LogP contribution < -0.4 is 5.32 Å². The molecule has 1 saturated carbocycles. The van der Waals surface area contributed by atoms with E-state index < -0.39 is 0 Å². The van der Waals surface area contributed by atoms with E-state index in [1.54, 1.807) is 0 Å². The molecule has 1 aliphatic rings. The molecule has 3 nitrogen and oxygen atoms in total. The summed E-state index contributed by atoms with van der Waals surface area (Å²) in [7, 11) is 1.89. The van der Waals surface area contributed by atoms with Crippen molar-refractivity contribution < 1.29 is 4.79 Å². The number of hydrogen-bond acceptors (Lipinski definition) is 2. The Labute approximate surface area is 93.2 Å². The molecule has 88 valence electrons. The minimum absolute atomic E-state index is 0.0294. The number of amides is 1. The van der Waals surface area contributed by atoms with Gasteiger partial charge in [0.1, 0.15) is 0 Å². The molecule has 0 heterocycles. The molecule has 1 aliphatic carbocycles. The number of nitrogens with zero attached hydrogens (tertiary/aromatic N) is 1. The molecule has 0 aromatic rings. The second-order valence-electron chi connectivity index (χ2n) is 5.19. The Morgan fingerprint density at radius 3 is 2.53 bits per heavy atom. The maximum absolute atomic E-state index is 11.8. The molecule has 3 heteroatoms. The van der Waals surface area contributed by atoms with E-state index in [2.05, 4.69) is 26.1 Å². The van der Waals surface area contributed by atoms with Gasteiger partial charge in [-0.3, -0.25) is 4.79 Å². The fourth-order valence-electron chi connectivity index (χ4n) is 1.40. The number of carbonyl (C=O) groups excluding carboxylic acids is 1. The number of nitrogens with one attached hydrogen (secondary N) is 1. The molecule has 0 atom stereocenters. The third-order valence-electron chi connectivity index (χ3n) is 3.55. The van der Waals surface area contributed by atoms with Gasteiger partial charge < -0.3 is 10.2 Å². The van der Waals surface area contributed by atoms with Gasteiger partial charge in [0.25, 0.3) is 0 Å². The van der Waals surface area contributed by atoms with Crippen LogP contribution in [0.1, 0.15) is 40.0 Å². The van der Waals surface area contributed by atoms with E-state index in [0.717, 1.165) is 18.9 Å². The Balaban J connectivity index is 2.24. The Morgan fingerprint density at radius 1 is 1.47 bits per heavy atom. The molecule has 15 heavy (non-hydrogen) atoms. The van der Waals surface area contributed by atoms with E-state index in [9.17, 15) is 4.79 Å². The highest BCUT2D eigenvalue weighted by Crippen LogP contribution is 2.27. The first-order valence-electron chi connectivity index (χ1n) is 5.94. The van der Waals surface area contributed by atoms with Crippen LogP contribution in [0.3, 0.4) is 0 Å². The standard InChI is InChI=1S/C12H24N2O/c1-5-12(2,3)14(4)11(15)9-13-8-10-6-7-10/h10,13H,5-9H2,1-4H3. The van der Waals surface area contributed by atoms with Crippen LogP contribution in [-0.4, -0.2) is 36.5 Å². The predicted molar refractivity (Wildman–Crippen MR) is 62.7 cm³/mol. The van der Waals surface area contributed by atoms with Gasteiger partial charge in [0.05, 0.1) is 6.54 Å². The number of hydrogen-bond donors (Lipinski definition) is 1. The lowest BCUT2D eigenvalue weighted by Gasteiger charge is -2.35. The molecule has 0 unspecified atom stereocenters. The molecule has 0 bridgehead atoms. The SMILES string of the molecule is CCC(C)(C)N(C)C(=O)CNCC1CC1. The van der Waals surface area contributed by atoms with E-state index in [0.29, 0.717) is 6.54 Å². The van der Waals surface area contributed by atoms with Crippen molar-refractivity contribution in [1.29, 1.82) is 0 Å². The molecule has 0 radical (unpaired) electrons. The number of carbonyl (C=O) groups is 1. The number of likely N-dealkylation sites (N-methyl/N-ethyl adjacent to an activating group) is 1. The molecular weight excluding hydrogens is 188 g/mol. The van der Waals surface area contributed by atoms with Gasteiger partial charge in [-0.1, -0.05) is 6.92 Å². The zero-order valence-corrected chi connectivity index (χ0v) is 10.5. The Bertz CT molecular complexity index is 222. The van der Waals surface area contributed by atoms with Gasteiger partial charge in [-0.2, -0.15) is 0 Å². The highest BCUT2D eigenvalue weighted by atomic mass is 16.2. The summed E-state index contributed by atoms with van der Waals surface area (Å²) in [6, 6.07) is 0. The van der Waals surface area contributed by atoms with Crippen molar-refractivity contribution in [1.82, 2.24) is 10.2 Å². The summed E-state index contributed by atoms with van der Waals surface area (Å²) in [5, 5.41) is 3.23. The van der Waals surface area contributed by atoms with Gasteiger partial charge in [0.15, 0.2) is 0 Å². The molecule has 1 amide bonds. The van der Waals surface area contributed by atoms with Gasteiger partial charge in [-0.25, -0.2) is 0 Å². The zero-order valence-electron chi connectivity index (χ0n) is 10.5. The van der Waals surface area contributed by atoms with Crippen molar-refractivity contribution >= 4 is 5.91 Å². The zero-order chi connectivity index (χ0) is 11.5. The van der Waals surface area contributed by atoms with Crippen LogP contribution in [-0.2, 0) is 4.79 Å². The second-order valence-corrected chi connectivity index (χ2v) is 5.19. The summed E-state index contributed by atoms with van der Waals surface area (Å²) in [5.74, 6) is 1.03. The van der Waals surface area contributed by atoms with Gasteiger partial charge in [-0.05, 0) is 45.6 Å². The lowest BCUT2D eigenvalue weighted by atomic mass is 10.00. The molecule has 0 aromatic carbocycles. The highest BCUT2D eigenvalue weighted by Gasteiger charge is 2.26. The molecule has 0 saturated heterocycles. The summed E-state index contributed by atoms with van der Waals surface area (Å²) < 4.78 is 0. The van der Waals surface area contributed by atoms with Gasteiger partial charge >= 0.3 is 0 Å². The quantitative estimate of drug-likeness (QED) is 0.726. The molecule has 0 spiro atoms. The fourth-order valence-corrected chi connectivity index (χ4v) is 1.40. The predicted octanol–water partition coefficient (Wildman–Crippen LogP) is 1.63. The van der Waals surface area contributed by atoms with E-state index in [-0.39, 0.29) is 11.4 Å². The smallest absolute Gasteiger partial charge is 0.236 e. The van der Waals surface area contributed by atoms with E-state index in [1.807, 2.05) is 11.9 Å². The largest absolute Gasteiger partial charge is 0.340 e. The maximum Gasteiger partial charge on any atom is 0.236 e. The van der Waals surface area contributed by atoms with Gasteiger partial charge in [-0.15, -0.1) is 0 Å². The summed E-state index contributed by atoms with van der Waals surface area (Å²) in [6.45, 7) is 7.81. The van der Waals surface area contributed by atoms with Crippen LogP contribution in [0.5, 0.6) is 0 Å². The van der Waals surface area contributed by atoms with Crippen molar-refractivity contribution in [3.05, 3.63) is 0 Å². The van der Waals surface area contributed by atoms with E-state index in [1.165, 1.54) is 12.8 Å². The normalized spacial score (nSPS) is 16.5. The van der Waals surface area contributed by atoms with Crippen LogP contribution in [0.25, 0.3) is 0 Å². The molecule has 1 N–H and O–H groups in total. The molecule has 1 rings (SSSR count). The monoisotopic (exact) mass is 212 g/mol. The van der Waals surface area contributed by atoms with Crippen molar-refractivity contribution in [2.75, 3.05) is 20.1 Å². The molecular formula is C12H24N2O. The first kappa shape index (κ1) is 12.5. The van der Waals surface area contributed by atoms with Crippen LogP contribution in [0, 0.1) is 5.92 Å². The van der Waals surface area contributed by atoms with E-state index in [4.69, 9.17) is 0 Å². The lowest BCUT2D eigenvalue weighted by molar-refractivity contribution is -0.133. The van der Waals surface area contributed by atoms with Crippen LogP contribution in [0.15, 0.2) is 0 Å². The van der Waals surface area contributed by atoms with Crippen molar-refractivity contribution in [2.24, 2.45) is 5.92 Å². The first-order chi connectivity index (χ1) is 6.97. The summed E-state index contributed by atoms with van der Waals surface area (Å²) >= 11 is 0. The minimum atomic E-state index is -0.0294. The number of rotatable bonds is 6. The highest BCUT2D eigenvalue weighted by molar-refractivity contribution is 5.78. The Hall–Kier alpha value is -0.570. The Kier molecular flexibility index (Phi) is 4.14.